The summed E-state index contributed by atoms with van der Waals surface area (Å²) < 4.78 is 1.09. The summed E-state index contributed by atoms with van der Waals surface area (Å²) in [5.74, 6) is 0. The van der Waals surface area contributed by atoms with E-state index < -0.39 is 0 Å². The Kier molecular flexibility index (Phi) is 3.80. The van der Waals surface area contributed by atoms with Crippen LogP contribution in [0.15, 0.2) is 28.0 Å². The summed E-state index contributed by atoms with van der Waals surface area (Å²) in [6.07, 6.45) is 1.83. The second kappa shape index (κ2) is 5.12. The van der Waals surface area contributed by atoms with Crippen LogP contribution in [0.2, 0.25) is 0 Å². The van der Waals surface area contributed by atoms with Crippen LogP contribution in [0.5, 0.6) is 0 Å². The molecule has 1 atom stereocenters. The van der Waals surface area contributed by atoms with Gasteiger partial charge in [-0.1, -0.05) is 11.8 Å². The zero-order chi connectivity index (χ0) is 10.7. The minimum Gasteiger partial charge on any atom is -0.329 e. The maximum Gasteiger partial charge on any atom is 0.150 e. The second-order valence-electron chi connectivity index (χ2n) is 3.09. The zero-order valence-electron chi connectivity index (χ0n) is 8.34. The molecule has 2 aromatic rings. The molecule has 2 nitrogen and oxygen atoms in total. The summed E-state index contributed by atoms with van der Waals surface area (Å²) in [4.78, 5) is 6.95. The number of hydrogen-bond acceptors (Lipinski definition) is 5. The molecule has 0 fully saturated rings. The zero-order valence-corrected chi connectivity index (χ0v) is 10.8. The van der Waals surface area contributed by atoms with E-state index in [9.17, 15) is 0 Å². The number of rotatable bonds is 4. The first-order valence-corrected chi connectivity index (χ1v) is 7.19. The lowest BCUT2D eigenvalue weighted by Crippen LogP contribution is -2.07. The fourth-order valence-electron chi connectivity index (χ4n) is 1.24. The van der Waals surface area contributed by atoms with Crippen molar-refractivity contribution in [1.82, 2.24) is 4.98 Å². The molecule has 5 heteroatoms. The lowest BCUT2D eigenvalue weighted by Gasteiger charge is -2.09. The summed E-state index contributed by atoms with van der Waals surface area (Å²) in [7, 11) is 0. The van der Waals surface area contributed by atoms with Crippen LogP contribution < -0.4 is 5.73 Å². The van der Waals surface area contributed by atoms with Crippen molar-refractivity contribution in [2.75, 3.05) is 6.54 Å². The van der Waals surface area contributed by atoms with Crippen molar-refractivity contribution in [3.05, 3.63) is 33.5 Å². The van der Waals surface area contributed by atoms with Crippen LogP contribution in [0.4, 0.5) is 0 Å². The minimum absolute atomic E-state index is 0.342. The Bertz CT molecular complexity index is 408. The molecule has 0 bridgehead atoms. The molecule has 2 aromatic heterocycles. The van der Waals surface area contributed by atoms with Gasteiger partial charge < -0.3 is 5.73 Å². The van der Waals surface area contributed by atoms with E-state index in [0.29, 0.717) is 11.8 Å². The summed E-state index contributed by atoms with van der Waals surface area (Å²) in [6.45, 7) is 2.78. The predicted molar refractivity (Wildman–Crippen MR) is 68.8 cm³/mol. The van der Waals surface area contributed by atoms with Gasteiger partial charge in [0.25, 0.3) is 0 Å². The highest BCUT2D eigenvalue weighted by Crippen LogP contribution is 2.38. The number of nitrogens with two attached hydrogens (primary N) is 1. The molecule has 0 aromatic carbocycles. The van der Waals surface area contributed by atoms with Gasteiger partial charge in [-0.15, -0.1) is 22.7 Å². The molecular formula is C10H12N2S3. The van der Waals surface area contributed by atoms with Gasteiger partial charge in [0.15, 0.2) is 0 Å². The van der Waals surface area contributed by atoms with Gasteiger partial charge in [-0.25, -0.2) is 4.98 Å². The van der Waals surface area contributed by atoms with Crippen molar-refractivity contribution in [3.8, 4) is 0 Å². The van der Waals surface area contributed by atoms with Crippen LogP contribution in [-0.4, -0.2) is 11.5 Å². The molecule has 0 amide bonds. The van der Waals surface area contributed by atoms with Gasteiger partial charge >= 0.3 is 0 Å². The number of aromatic nitrogens is 1. The van der Waals surface area contributed by atoms with Gasteiger partial charge in [-0.05, 0) is 19.1 Å². The third-order valence-electron chi connectivity index (χ3n) is 1.95. The lowest BCUT2D eigenvalue weighted by molar-refractivity contribution is 0.958. The topological polar surface area (TPSA) is 38.9 Å². The first-order chi connectivity index (χ1) is 7.29. The minimum atomic E-state index is 0.342. The van der Waals surface area contributed by atoms with E-state index in [-0.39, 0.29) is 0 Å². The van der Waals surface area contributed by atoms with Crippen LogP contribution in [-0.2, 0) is 0 Å². The summed E-state index contributed by atoms with van der Waals surface area (Å²) in [5, 5.41) is 2.34. The van der Waals surface area contributed by atoms with E-state index in [1.54, 1.807) is 23.1 Å². The first kappa shape index (κ1) is 11.1. The van der Waals surface area contributed by atoms with Gasteiger partial charge in [0.2, 0.25) is 0 Å². The molecule has 0 radical (unpaired) electrons. The molecule has 2 N–H and O–H groups in total. The number of thioether (sulfide) groups is 1. The number of hydrogen-bond donors (Lipinski definition) is 1. The Balaban J connectivity index is 2.11. The smallest absolute Gasteiger partial charge is 0.150 e. The van der Waals surface area contributed by atoms with E-state index in [0.717, 1.165) is 4.34 Å². The van der Waals surface area contributed by atoms with Crippen molar-refractivity contribution in [1.29, 1.82) is 0 Å². The van der Waals surface area contributed by atoms with E-state index in [1.165, 1.54) is 9.75 Å². The molecular weight excluding hydrogens is 244 g/mol. The van der Waals surface area contributed by atoms with Crippen molar-refractivity contribution in [3.63, 3.8) is 0 Å². The third-order valence-corrected chi connectivity index (χ3v) is 5.39. The van der Waals surface area contributed by atoms with Crippen LogP contribution in [0.1, 0.15) is 15.0 Å². The van der Waals surface area contributed by atoms with Crippen LogP contribution in [0.25, 0.3) is 0 Å². The van der Waals surface area contributed by atoms with Crippen LogP contribution in [0.3, 0.4) is 0 Å². The summed E-state index contributed by atoms with van der Waals surface area (Å²) in [5.41, 5.74) is 5.79. The summed E-state index contributed by atoms with van der Waals surface area (Å²) >= 11 is 5.24. The van der Waals surface area contributed by atoms with Gasteiger partial charge in [0.1, 0.15) is 4.34 Å². The largest absolute Gasteiger partial charge is 0.329 e. The Hall–Kier alpha value is -0.360. The maximum atomic E-state index is 5.79. The Morgan fingerprint density at radius 3 is 2.93 bits per heavy atom. The molecule has 1 unspecified atom stereocenters. The molecule has 0 saturated heterocycles. The molecule has 15 heavy (non-hydrogen) atoms. The highest BCUT2D eigenvalue weighted by atomic mass is 32.2. The normalized spacial score (nSPS) is 12.9. The van der Waals surface area contributed by atoms with Crippen molar-refractivity contribution in [2.24, 2.45) is 5.73 Å². The number of aryl methyl sites for hydroxylation is 1. The van der Waals surface area contributed by atoms with Crippen molar-refractivity contribution in [2.45, 2.75) is 16.5 Å². The van der Waals surface area contributed by atoms with Gasteiger partial charge in [0.05, 0.1) is 5.25 Å². The average Bonchev–Trinajstić information content (AvgIpc) is 2.85. The molecule has 0 aliphatic carbocycles. The van der Waals surface area contributed by atoms with Crippen LogP contribution in [0, 0.1) is 6.92 Å². The molecule has 0 aliphatic rings. The van der Waals surface area contributed by atoms with Crippen LogP contribution >= 0.6 is 34.4 Å². The fraction of sp³-hybridized carbons (Fsp3) is 0.300. The maximum absolute atomic E-state index is 5.79. The molecule has 2 heterocycles. The predicted octanol–water partition coefficient (Wildman–Crippen LogP) is 3.31. The second-order valence-corrected chi connectivity index (χ2v) is 6.75. The monoisotopic (exact) mass is 256 g/mol. The number of thiophene rings is 1. The highest BCUT2D eigenvalue weighted by molar-refractivity contribution is 8.01. The SMILES string of the molecule is Cc1ccc(C(CN)Sc2nccs2)s1. The quantitative estimate of drug-likeness (QED) is 0.853. The molecule has 0 spiro atoms. The Labute approximate surface area is 102 Å². The number of thiazole rings is 1. The fourth-order valence-corrected chi connectivity index (χ4v) is 4.15. The van der Waals surface area contributed by atoms with Crippen molar-refractivity contribution < 1.29 is 0 Å². The Morgan fingerprint density at radius 1 is 1.53 bits per heavy atom. The molecule has 2 rings (SSSR count). The van der Waals surface area contributed by atoms with Gasteiger partial charge in [0, 0.05) is 27.9 Å². The molecule has 80 valence electrons. The Morgan fingerprint density at radius 2 is 2.40 bits per heavy atom. The van der Waals surface area contributed by atoms with Crippen molar-refractivity contribution >= 4 is 34.4 Å². The van der Waals surface area contributed by atoms with E-state index in [2.05, 4.69) is 24.0 Å². The lowest BCUT2D eigenvalue weighted by atomic mass is 10.3. The molecule has 0 saturated carbocycles. The van der Waals surface area contributed by atoms with E-state index in [1.807, 2.05) is 22.9 Å². The van der Waals surface area contributed by atoms with Gasteiger partial charge in [-0.2, -0.15) is 0 Å². The summed E-state index contributed by atoms with van der Waals surface area (Å²) in [6, 6.07) is 4.31. The van der Waals surface area contributed by atoms with Gasteiger partial charge in [-0.3, -0.25) is 0 Å². The van der Waals surface area contributed by atoms with E-state index in [4.69, 9.17) is 5.73 Å². The highest BCUT2D eigenvalue weighted by Gasteiger charge is 2.14. The third kappa shape index (κ3) is 2.81. The number of nitrogens with zero attached hydrogens (tertiary/aromatic N) is 1. The standard InChI is InChI=1S/C10H12N2S3/c1-7-2-3-8(14-7)9(6-11)15-10-12-4-5-13-10/h2-5,9H,6,11H2,1H3. The first-order valence-electron chi connectivity index (χ1n) is 4.62. The average molecular weight is 256 g/mol. The van der Waals surface area contributed by atoms with E-state index >= 15 is 0 Å². The molecule has 0 aliphatic heterocycles.